The minimum atomic E-state index is -0.899. The minimum Gasteiger partial charge on any atom is -0.384 e. The molecule has 2 atom stereocenters. The maximum absolute atomic E-state index is 11.7. The Morgan fingerprint density at radius 3 is 2.45 bits per heavy atom. The lowest BCUT2D eigenvalue weighted by molar-refractivity contribution is -0.141. The van der Waals surface area contributed by atoms with Crippen LogP contribution in [0, 0.1) is 0 Å². The van der Waals surface area contributed by atoms with Gasteiger partial charge in [0.2, 0.25) is 0 Å². The van der Waals surface area contributed by atoms with Crippen LogP contribution in [0.25, 0.3) is 0 Å². The fourth-order valence-corrected chi connectivity index (χ4v) is 2.99. The zero-order valence-corrected chi connectivity index (χ0v) is 13.5. The third-order valence-electron chi connectivity index (χ3n) is 3.86. The largest absolute Gasteiger partial charge is 0.384 e. The lowest BCUT2D eigenvalue weighted by Gasteiger charge is -2.38. The van der Waals surface area contributed by atoms with E-state index in [0.717, 1.165) is 17.6 Å². The highest BCUT2D eigenvalue weighted by atomic mass is 79.9. The SMILES string of the molecule is CC(O)C(=O)N1CCN(C(C)c2cccc(Br)c2)CC1. The van der Waals surface area contributed by atoms with Crippen molar-refractivity contribution in [3.8, 4) is 0 Å². The van der Waals surface area contributed by atoms with Gasteiger partial charge in [0.15, 0.2) is 0 Å². The molecule has 20 heavy (non-hydrogen) atoms. The van der Waals surface area contributed by atoms with Gasteiger partial charge in [0, 0.05) is 36.7 Å². The van der Waals surface area contributed by atoms with E-state index in [1.807, 2.05) is 12.1 Å². The van der Waals surface area contributed by atoms with Gasteiger partial charge in [-0.15, -0.1) is 0 Å². The molecule has 0 aromatic heterocycles. The summed E-state index contributed by atoms with van der Waals surface area (Å²) in [4.78, 5) is 15.9. The number of halogens is 1. The average Bonchev–Trinajstić information content (AvgIpc) is 2.46. The van der Waals surface area contributed by atoms with Gasteiger partial charge in [0.25, 0.3) is 5.91 Å². The van der Waals surface area contributed by atoms with Crippen molar-refractivity contribution in [1.82, 2.24) is 9.80 Å². The van der Waals surface area contributed by atoms with Crippen LogP contribution < -0.4 is 0 Å². The van der Waals surface area contributed by atoms with Crippen LogP contribution in [0.2, 0.25) is 0 Å². The molecule has 2 unspecified atom stereocenters. The number of hydrogen-bond donors (Lipinski definition) is 1. The third kappa shape index (κ3) is 3.59. The molecule has 0 spiro atoms. The molecule has 1 aromatic rings. The second kappa shape index (κ2) is 6.70. The summed E-state index contributed by atoms with van der Waals surface area (Å²) < 4.78 is 1.09. The highest BCUT2D eigenvalue weighted by Crippen LogP contribution is 2.24. The van der Waals surface area contributed by atoms with E-state index >= 15 is 0 Å². The molecule has 0 saturated carbocycles. The van der Waals surface area contributed by atoms with E-state index in [4.69, 9.17) is 0 Å². The molecule has 1 saturated heterocycles. The molecule has 2 rings (SSSR count). The van der Waals surface area contributed by atoms with Crippen molar-refractivity contribution in [1.29, 1.82) is 0 Å². The minimum absolute atomic E-state index is 0.167. The van der Waals surface area contributed by atoms with E-state index in [1.54, 1.807) is 4.90 Å². The summed E-state index contributed by atoms with van der Waals surface area (Å²) in [5.74, 6) is -0.167. The number of aliphatic hydroxyl groups is 1. The lowest BCUT2D eigenvalue weighted by atomic mass is 10.1. The first kappa shape index (κ1) is 15.5. The van der Waals surface area contributed by atoms with Crippen LogP contribution in [0.5, 0.6) is 0 Å². The molecule has 110 valence electrons. The molecular formula is C15H21BrN2O2. The van der Waals surface area contributed by atoms with Crippen molar-refractivity contribution < 1.29 is 9.90 Å². The first-order chi connectivity index (χ1) is 9.49. The molecule has 0 aliphatic carbocycles. The van der Waals surface area contributed by atoms with Crippen LogP contribution in [-0.4, -0.2) is 53.1 Å². The quantitative estimate of drug-likeness (QED) is 0.915. The first-order valence-corrected chi connectivity index (χ1v) is 7.74. The predicted molar refractivity (Wildman–Crippen MR) is 82.4 cm³/mol. The lowest BCUT2D eigenvalue weighted by Crippen LogP contribution is -2.51. The Morgan fingerprint density at radius 2 is 1.90 bits per heavy atom. The highest BCUT2D eigenvalue weighted by molar-refractivity contribution is 9.10. The van der Waals surface area contributed by atoms with E-state index in [2.05, 4.69) is 39.9 Å². The molecule has 1 aromatic carbocycles. The van der Waals surface area contributed by atoms with E-state index in [-0.39, 0.29) is 5.91 Å². The number of piperazine rings is 1. The number of benzene rings is 1. The first-order valence-electron chi connectivity index (χ1n) is 6.95. The van der Waals surface area contributed by atoms with Crippen molar-refractivity contribution in [3.63, 3.8) is 0 Å². The number of carbonyl (C=O) groups is 1. The van der Waals surface area contributed by atoms with Crippen LogP contribution in [0.1, 0.15) is 25.5 Å². The molecule has 0 bridgehead atoms. The van der Waals surface area contributed by atoms with Crippen molar-refractivity contribution >= 4 is 21.8 Å². The van der Waals surface area contributed by atoms with Gasteiger partial charge < -0.3 is 10.0 Å². The fraction of sp³-hybridized carbons (Fsp3) is 0.533. The Balaban J connectivity index is 1.95. The third-order valence-corrected chi connectivity index (χ3v) is 4.36. The normalized spacial score (nSPS) is 19.7. The molecule has 1 N–H and O–H groups in total. The van der Waals surface area contributed by atoms with E-state index in [0.29, 0.717) is 19.1 Å². The summed E-state index contributed by atoms with van der Waals surface area (Å²) in [5, 5.41) is 9.35. The van der Waals surface area contributed by atoms with E-state index in [1.165, 1.54) is 12.5 Å². The molecule has 1 amide bonds. The van der Waals surface area contributed by atoms with Gasteiger partial charge >= 0.3 is 0 Å². The molecule has 5 heteroatoms. The topological polar surface area (TPSA) is 43.8 Å². The van der Waals surface area contributed by atoms with Crippen molar-refractivity contribution in [2.75, 3.05) is 26.2 Å². The van der Waals surface area contributed by atoms with Crippen LogP contribution >= 0.6 is 15.9 Å². The van der Waals surface area contributed by atoms with Gasteiger partial charge in [-0.1, -0.05) is 28.1 Å². The summed E-state index contributed by atoms with van der Waals surface area (Å²) in [6.07, 6.45) is -0.899. The zero-order valence-electron chi connectivity index (χ0n) is 11.9. The molecular weight excluding hydrogens is 320 g/mol. The maximum Gasteiger partial charge on any atom is 0.251 e. The molecule has 1 aliphatic rings. The number of hydrogen-bond acceptors (Lipinski definition) is 3. The van der Waals surface area contributed by atoms with Gasteiger partial charge in [-0.3, -0.25) is 9.69 Å². The predicted octanol–water partition coefficient (Wildman–Crippen LogP) is 2.04. The number of carbonyl (C=O) groups excluding carboxylic acids is 1. The number of rotatable bonds is 3. The summed E-state index contributed by atoms with van der Waals surface area (Å²) in [7, 11) is 0. The van der Waals surface area contributed by atoms with E-state index < -0.39 is 6.10 Å². The number of nitrogens with zero attached hydrogens (tertiary/aromatic N) is 2. The van der Waals surface area contributed by atoms with Crippen LogP contribution in [0.4, 0.5) is 0 Å². The smallest absolute Gasteiger partial charge is 0.251 e. The summed E-state index contributed by atoms with van der Waals surface area (Å²) in [5.41, 5.74) is 1.27. The Hall–Kier alpha value is -0.910. The van der Waals surface area contributed by atoms with Gasteiger partial charge in [0.1, 0.15) is 6.10 Å². The second-order valence-corrected chi connectivity index (χ2v) is 6.18. The van der Waals surface area contributed by atoms with Crippen LogP contribution in [0.3, 0.4) is 0 Å². The number of aliphatic hydroxyl groups excluding tert-OH is 1. The fourth-order valence-electron chi connectivity index (χ4n) is 2.57. The van der Waals surface area contributed by atoms with Gasteiger partial charge in [-0.2, -0.15) is 0 Å². The molecule has 4 nitrogen and oxygen atoms in total. The van der Waals surface area contributed by atoms with Crippen molar-refractivity contribution in [3.05, 3.63) is 34.3 Å². The Kier molecular flexibility index (Phi) is 5.18. The Bertz CT molecular complexity index is 471. The summed E-state index contributed by atoms with van der Waals surface area (Å²) in [6.45, 7) is 6.76. The maximum atomic E-state index is 11.7. The summed E-state index contributed by atoms with van der Waals surface area (Å²) >= 11 is 3.50. The highest BCUT2D eigenvalue weighted by Gasteiger charge is 2.26. The van der Waals surface area contributed by atoms with Crippen LogP contribution in [0.15, 0.2) is 28.7 Å². The van der Waals surface area contributed by atoms with Gasteiger partial charge in [-0.05, 0) is 31.5 Å². The zero-order chi connectivity index (χ0) is 14.7. The van der Waals surface area contributed by atoms with Gasteiger partial charge in [-0.25, -0.2) is 0 Å². The van der Waals surface area contributed by atoms with Crippen molar-refractivity contribution in [2.45, 2.75) is 26.0 Å². The van der Waals surface area contributed by atoms with Gasteiger partial charge in [0.05, 0.1) is 0 Å². The van der Waals surface area contributed by atoms with Crippen LogP contribution in [-0.2, 0) is 4.79 Å². The van der Waals surface area contributed by atoms with Crippen molar-refractivity contribution in [2.24, 2.45) is 0 Å². The monoisotopic (exact) mass is 340 g/mol. The molecule has 1 heterocycles. The molecule has 1 fully saturated rings. The van der Waals surface area contributed by atoms with E-state index in [9.17, 15) is 9.90 Å². The average molecular weight is 341 g/mol. The summed E-state index contributed by atoms with van der Waals surface area (Å²) in [6, 6.07) is 8.66. The standard InChI is InChI=1S/C15H21BrN2O2/c1-11(13-4-3-5-14(16)10-13)17-6-8-18(9-7-17)15(20)12(2)19/h3-5,10-12,19H,6-9H2,1-2H3. The second-order valence-electron chi connectivity index (χ2n) is 5.27. The number of amides is 1. The Morgan fingerprint density at radius 1 is 1.25 bits per heavy atom. The molecule has 1 aliphatic heterocycles. The molecule has 0 radical (unpaired) electrons. The Labute approximate surface area is 128 Å².